The number of aliphatic hydroxyl groups is 1. The summed E-state index contributed by atoms with van der Waals surface area (Å²) >= 11 is 0. The fraction of sp³-hybridized carbons (Fsp3) is 0.946. The highest BCUT2D eigenvalue weighted by Crippen LogP contribution is 2.89. The van der Waals surface area contributed by atoms with Gasteiger partial charge in [-0.15, -0.1) is 0 Å². The number of nitrogens with zero attached hydrogens (tertiary/aromatic N) is 1. The third-order valence-corrected chi connectivity index (χ3v) is 16.1. The molecule has 8 rings (SSSR count). The van der Waals surface area contributed by atoms with E-state index in [0.717, 1.165) is 32.1 Å². The highest BCUT2D eigenvalue weighted by molar-refractivity contribution is 5.76. The van der Waals surface area contributed by atoms with Gasteiger partial charge in [0.05, 0.1) is 37.6 Å². The maximum atomic E-state index is 12.9. The molecule has 2 aliphatic heterocycles. The lowest BCUT2D eigenvalue weighted by Gasteiger charge is -2.64. The number of carbonyl (C=O) groups excluding carboxylic acids is 2. The van der Waals surface area contributed by atoms with E-state index in [9.17, 15) is 14.7 Å². The summed E-state index contributed by atoms with van der Waals surface area (Å²) in [6, 6.07) is 0. The number of primary amides is 1. The third-order valence-electron chi connectivity index (χ3n) is 16.1. The number of carbonyl (C=O) groups is 2. The van der Waals surface area contributed by atoms with Gasteiger partial charge in [-0.1, -0.05) is 34.6 Å². The Balaban J connectivity index is 0.995. The number of morpholine rings is 1. The van der Waals surface area contributed by atoms with Crippen LogP contribution in [0.2, 0.25) is 0 Å². The van der Waals surface area contributed by atoms with E-state index in [1.807, 2.05) is 4.90 Å². The molecule has 0 radical (unpaired) electrons. The van der Waals surface area contributed by atoms with E-state index in [-0.39, 0.29) is 64.7 Å². The molecule has 2 spiro atoms. The summed E-state index contributed by atoms with van der Waals surface area (Å²) in [6.07, 6.45) is 10.0. The van der Waals surface area contributed by atoms with Gasteiger partial charge in [0.2, 0.25) is 5.91 Å². The Bertz CT molecular complexity index is 1260. The highest BCUT2D eigenvalue weighted by atomic mass is 16.7. The largest absolute Gasteiger partial charge is 0.447 e. The first-order valence-corrected chi connectivity index (χ1v) is 18.6. The van der Waals surface area contributed by atoms with Gasteiger partial charge in [0.25, 0.3) is 0 Å². The van der Waals surface area contributed by atoms with Crippen LogP contribution in [0.15, 0.2) is 0 Å². The van der Waals surface area contributed by atoms with Gasteiger partial charge in [0.15, 0.2) is 6.29 Å². The quantitative estimate of drug-likeness (QED) is 0.405. The molecule has 8 fully saturated rings. The van der Waals surface area contributed by atoms with E-state index in [2.05, 4.69) is 34.6 Å². The van der Waals surface area contributed by atoms with Crippen LogP contribution in [0.1, 0.15) is 105 Å². The molecule has 6 aliphatic carbocycles. The second kappa shape index (κ2) is 10.5. The normalized spacial score (nSPS) is 52.0. The maximum absolute atomic E-state index is 12.9. The predicted octanol–water partition coefficient (Wildman–Crippen LogP) is 5.27. The molecule has 3 unspecified atom stereocenters. The van der Waals surface area contributed by atoms with Gasteiger partial charge in [-0.3, -0.25) is 4.79 Å². The molecule has 2 amide bonds. The zero-order valence-corrected chi connectivity index (χ0v) is 28.8. The summed E-state index contributed by atoms with van der Waals surface area (Å²) in [5.41, 5.74) is 5.62. The third kappa shape index (κ3) is 4.32. The number of rotatable bonds is 6. The number of fused-ring (bicyclic) bond motifs is 4. The van der Waals surface area contributed by atoms with E-state index in [1.54, 1.807) is 0 Å². The van der Waals surface area contributed by atoms with Gasteiger partial charge in [0.1, 0.15) is 6.61 Å². The Kier molecular flexibility index (Phi) is 7.29. The number of hydrogen-bond acceptors (Lipinski definition) is 7. The molecule has 0 aromatic rings. The Labute approximate surface area is 275 Å². The second-order valence-corrected chi connectivity index (χ2v) is 18.2. The Morgan fingerprint density at radius 1 is 1.00 bits per heavy atom. The summed E-state index contributed by atoms with van der Waals surface area (Å²) in [7, 11) is 0. The topological polar surface area (TPSA) is 121 Å². The van der Waals surface area contributed by atoms with Crippen molar-refractivity contribution in [1.29, 1.82) is 0 Å². The van der Waals surface area contributed by atoms with E-state index in [1.165, 1.54) is 32.1 Å². The van der Waals surface area contributed by atoms with E-state index in [4.69, 9.17) is 24.7 Å². The Morgan fingerprint density at radius 3 is 2.48 bits per heavy atom. The Hall–Kier alpha value is -1.42. The average Bonchev–Trinajstić information content (AvgIpc) is 3.93. The lowest BCUT2D eigenvalue weighted by atomic mass is 9.41. The lowest BCUT2D eigenvalue weighted by Crippen LogP contribution is -2.60. The van der Waals surface area contributed by atoms with Crippen molar-refractivity contribution < 1.29 is 33.6 Å². The monoisotopic (exact) mass is 642 g/mol. The Morgan fingerprint density at radius 2 is 1.74 bits per heavy atom. The summed E-state index contributed by atoms with van der Waals surface area (Å²) in [5.74, 6) is 2.55. The number of amides is 2. The molecule has 8 aliphatic rings. The summed E-state index contributed by atoms with van der Waals surface area (Å²) in [5, 5.41) is 12.3. The van der Waals surface area contributed by atoms with Crippen LogP contribution in [0, 0.1) is 56.7 Å². The SMILES string of the molecule is C[C@@H]1CC(COC(N)=O)OC2[C@H]1[C@@]1(C)CC[C@@]34C[C@@]35CC[C@H](O[C@H]3CN(C(=O)CC6CC6)CCO3)C(C)(C)[C@@H]5CCC4[C@]1(C)[C@H]2O. The first-order valence-electron chi connectivity index (χ1n) is 18.6. The number of hydrogen-bond donors (Lipinski definition) is 2. The van der Waals surface area contributed by atoms with Crippen LogP contribution in [-0.2, 0) is 23.7 Å². The predicted molar refractivity (Wildman–Crippen MR) is 170 cm³/mol. The fourth-order valence-corrected chi connectivity index (χ4v) is 13.7. The molecule has 2 saturated heterocycles. The van der Waals surface area contributed by atoms with Crippen molar-refractivity contribution in [2.45, 2.75) is 136 Å². The molecular weight excluding hydrogens is 584 g/mol. The van der Waals surface area contributed by atoms with Gasteiger partial charge in [-0.05, 0) is 115 Å². The average molecular weight is 643 g/mol. The van der Waals surface area contributed by atoms with Crippen LogP contribution in [0.25, 0.3) is 0 Å². The van der Waals surface area contributed by atoms with Crippen molar-refractivity contribution >= 4 is 12.0 Å². The molecule has 6 saturated carbocycles. The molecule has 0 aromatic carbocycles. The van der Waals surface area contributed by atoms with E-state index >= 15 is 0 Å². The minimum atomic E-state index is -0.772. The van der Waals surface area contributed by atoms with Crippen molar-refractivity contribution in [3.8, 4) is 0 Å². The first kappa shape index (κ1) is 31.8. The molecule has 9 heteroatoms. The van der Waals surface area contributed by atoms with Gasteiger partial charge in [-0.2, -0.15) is 0 Å². The fourth-order valence-electron chi connectivity index (χ4n) is 13.7. The maximum Gasteiger partial charge on any atom is 0.404 e. The molecule has 0 bridgehead atoms. The van der Waals surface area contributed by atoms with Crippen LogP contribution in [0.5, 0.6) is 0 Å². The standard InChI is InChI=1S/C37H58N2O7/c1-21-16-23(19-44-32(38)42)45-30-29(21)34(4)12-13-37-20-36(37)11-10-26(33(2,3)24(36)8-9-25(37)35(34,5)31(30)41)46-28-18-39(14-15-43-28)27(40)17-22-6-7-22/h21-26,28-31,41H,6-20H2,1-5H3,(H2,38,42)/t21-,23?,24+,25?,26+,28+,29+,30?,31+,34-,35-,36-,37+/m1/s1. The zero-order valence-electron chi connectivity index (χ0n) is 28.8. The highest BCUT2D eigenvalue weighted by Gasteiger charge is 2.84. The zero-order chi connectivity index (χ0) is 32.4. The van der Waals surface area contributed by atoms with Crippen molar-refractivity contribution in [2.75, 3.05) is 26.3 Å². The van der Waals surface area contributed by atoms with Crippen molar-refractivity contribution in [2.24, 2.45) is 62.4 Å². The van der Waals surface area contributed by atoms with E-state index < -0.39 is 12.2 Å². The van der Waals surface area contributed by atoms with Gasteiger partial charge < -0.3 is 34.7 Å². The van der Waals surface area contributed by atoms with Gasteiger partial charge in [-0.25, -0.2) is 4.79 Å². The minimum Gasteiger partial charge on any atom is -0.447 e. The van der Waals surface area contributed by atoms with Crippen LogP contribution in [-0.4, -0.2) is 79.0 Å². The number of ether oxygens (including phenoxy) is 4. The molecule has 3 N–H and O–H groups in total. The smallest absolute Gasteiger partial charge is 0.404 e. The van der Waals surface area contributed by atoms with Crippen molar-refractivity contribution in [3.63, 3.8) is 0 Å². The summed E-state index contributed by atoms with van der Waals surface area (Å²) in [6.45, 7) is 14.0. The van der Waals surface area contributed by atoms with E-state index in [0.29, 0.717) is 55.2 Å². The van der Waals surface area contributed by atoms with Gasteiger partial charge in [0, 0.05) is 18.4 Å². The van der Waals surface area contributed by atoms with Crippen LogP contribution < -0.4 is 5.73 Å². The molecule has 9 nitrogen and oxygen atoms in total. The van der Waals surface area contributed by atoms with Gasteiger partial charge >= 0.3 is 6.09 Å². The summed E-state index contributed by atoms with van der Waals surface area (Å²) in [4.78, 5) is 26.2. The molecule has 2 heterocycles. The van der Waals surface area contributed by atoms with Crippen LogP contribution in [0.4, 0.5) is 4.79 Å². The molecular formula is C37H58N2O7. The first-order chi connectivity index (χ1) is 21.8. The minimum absolute atomic E-state index is 0.00445. The molecule has 258 valence electrons. The van der Waals surface area contributed by atoms with Crippen LogP contribution in [0.3, 0.4) is 0 Å². The number of nitrogens with two attached hydrogens (primary N) is 1. The van der Waals surface area contributed by atoms with Crippen LogP contribution >= 0.6 is 0 Å². The summed E-state index contributed by atoms with van der Waals surface area (Å²) < 4.78 is 24.7. The van der Waals surface area contributed by atoms with Crippen molar-refractivity contribution in [3.05, 3.63) is 0 Å². The molecule has 46 heavy (non-hydrogen) atoms. The molecule has 0 aromatic heterocycles. The number of aliphatic hydroxyl groups excluding tert-OH is 1. The lowest BCUT2D eigenvalue weighted by molar-refractivity contribution is -0.248. The molecule has 13 atom stereocenters. The second-order valence-electron chi connectivity index (χ2n) is 18.2. The van der Waals surface area contributed by atoms with Crippen molar-refractivity contribution in [1.82, 2.24) is 4.90 Å².